The van der Waals surface area contributed by atoms with Crippen molar-refractivity contribution in [3.63, 3.8) is 0 Å². The van der Waals surface area contributed by atoms with Crippen LogP contribution in [0.1, 0.15) is 18.7 Å². The maximum atomic E-state index is 5.92. The summed E-state index contributed by atoms with van der Waals surface area (Å²) < 4.78 is 2.11. The number of nitrogens with zero attached hydrogens (tertiary/aromatic N) is 1. The summed E-state index contributed by atoms with van der Waals surface area (Å²) in [6.45, 7) is 1.98. The Labute approximate surface area is 88.3 Å². The van der Waals surface area contributed by atoms with Gasteiger partial charge in [-0.15, -0.1) is 0 Å². The Morgan fingerprint density at radius 1 is 1.36 bits per heavy atom. The summed E-state index contributed by atoms with van der Waals surface area (Å²) in [5.41, 5.74) is 8.16. The predicted octanol–water partition coefficient (Wildman–Crippen LogP) is 2.85. The monoisotopic (exact) mass is 208 g/mol. The van der Waals surface area contributed by atoms with E-state index in [0.29, 0.717) is 0 Å². The van der Waals surface area contributed by atoms with Crippen LogP contribution in [0, 0.1) is 0 Å². The fourth-order valence-electron chi connectivity index (χ4n) is 1.78. The lowest BCUT2D eigenvalue weighted by atomic mass is 10.2. The zero-order valence-electron chi connectivity index (χ0n) is 8.29. The summed E-state index contributed by atoms with van der Waals surface area (Å²) in [5, 5.41) is 1.91. The SMILES string of the molecule is C[C@H](N)c1cc2cc(Cl)ccc2n1C. The van der Waals surface area contributed by atoms with Gasteiger partial charge >= 0.3 is 0 Å². The van der Waals surface area contributed by atoms with Gasteiger partial charge in [-0.2, -0.15) is 0 Å². The van der Waals surface area contributed by atoms with Crippen molar-refractivity contribution in [2.45, 2.75) is 13.0 Å². The number of benzene rings is 1. The van der Waals surface area contributed by atoms with Crippen LogP contribution >= 0.6 is 11.6 Å². The van der Waals surface area contributed by atoms with Crippen LogP contribution in [0.3, 0.4) is 0 Å². The molecule has 2 nitrogen and oxygen atoms in total. The predicted molar refractivity (Wildman–Crippen MR) is 60.5 cm³/mol. The Bertz CT molecular complexity index is 471. The van der Waals surface area contributed by atoms with Crippen LogP contribution in [-0.4, -0.2) is 4.57 Å². The molecule has 2 rings (SSSR count). The van der Waals surface area contributed by atoms with E-state index < -0.39 is 0 Å². The third-order valence-electron chi connectivity index (χ3n) is 2.51. The molecule has 1 aromatic heterocycles. The van der Waals surface area contributed by atoms with Crippen molar-refractivity contribution in [1.29, 1.82) is 0 Å². The molecule has 0 unspecified atom stereocenters. The Hall–Kier alpha value is -0.990. The fraction of sp³-hybridized carbons (Fsp3) is 0.273. The highest BCUT2D eigenvalue weighted by Gasteiger charge is 2.08. The summed E-state index contributed by atoms with van der Waals surface area (Å²) in [5.74, 6) is 0. The van der Waals surface area contributed by atoms with E-state index in [1.807, 2.05) is 32.2 Å². The second kappa shape index (κ2) is 3.30. The molecular formula is C11H13ClN2. The zero-order valence-corrected chi connectivity index (χ0v) is 9.05. The maximum Gasteiger partial charge on any atom is 0.0481 e. The molecular weight excluding hydrogens is 196 g/mol. The minimum Gasteiger partial charge on any atom is -0.346 e. The first-order chi connectivity index (χ1) is 6.59. The molecule has 0 spiro atoms. The molecule has 0 amide bonds. The average molecular weight is 209 g/mol. The molecule has 0 bridgehead atoms. The van der Waals surface area contributed by atoms with Crippen molar-refractivity contribution in [1.82, 2.24) is 4.57 Å². The van der Waals surface area contributed by atoms with Crippen LogP contribution in [0.15, 0.2) is 24.3 Å². The van der Waals surface area contributed by atoms with Gasteiger partial charge in [0.15, 0.2) is 0 Å². The molecule has 0 fully saturated rings. The second-order valence-corrected chi connectivity index (χ2v) is 4.06. The summed E-state index contributed by atoms with van der Waals surface area (Å²) in [6.07, 6.45) is 0. The molecule has 0 saturated carbocycles. The van der Waals surface area contributed by atoms with Crippen LogP contribution in [0.5, 0.6) is 0 Å². The molecule has 1 atom stereocenters. The Kier molecular flexibility index (Phi) is 2.25. The van der Waals surface area contributed by atoms with Crippen LogP contribution in [-0.2, 0) is 7.05 Å². The molecule has 1 aromatic carbocycles. The van der Waals surface area contributed by atoms with Crippen LogP contribution < -0.4 is 5.73 Å². The van der Waals surface area contributed by atoms with E-state index in [9.17, 15) is 0 Å². The number of fused-ring (bicyclic) bond motifs is 1. The smallest absolute Gasteiger partial charge is 0.0481 e. The van der Waals surface area contributed by atoms with Crippen molar-refractivity contribution in [3.8, 4) is 0 Å². The molecule has 2 aromatic rings. The topological polar surface area (TPSA) is 30.9 Å². The van der Waals surface area contributed by atoms with E-state index in [0.717, 1.165) is 16.1 Å². The molecule has 1 heterocycles. The molecule has 0 aliphatic carbocycles. The minimum atomic E-state index is 0.0474. The van der Waals surface area contributed by atoms with E-state index in [1.165, 1.54) is 5.52 Å². The highest BCUT2D eigenvalue weighted by Crippen LogP contribution is 2.24. The summed E-state index contributed by atoms with van der Waals surface area (Å²) in [7, 11) is 2.02. The maximum absolute atomic E-state index is 5.92. The first kappa shape index (κ1) is 9.56. The molecule has 0 saturated heterocycles. The Morgan fingerprint density at radius 2 is 2.07 bits per heavy atom. The summed E-state index contributed by atoms with van der Waals surface area (Å²) in [4.78, 5) is 0. The fourth-order valence-corrected chi connectivity index (χ4v) is 1.96. The lowest BCUT2D eigenvalue weighted by Gasteiger charge is -2.06. The molecule has 0 radical (unpaired) electrons. The second-order valence-electron chi connectivity index (χ2n) is 3.62. The van der Waals surface area contributed by atoms with Gasteiger partial charge < -0.3 is 10.3 Å². The number of hydrogen-bond acceptors (Lipinski definition) is 1. The van der Waals surface area contributed by atoms with Crippen LogP contribution in [0.2, 0.25) is 5.02 Å². The van der Waals surface area contributed by atoms with E-state index in [-0.39, 0.29) is 6.04 Å². The van der Waals surface area contributed by atoms with Crippen molar-refractivity contribution >= 4 is 22.5 Å². The van der Waals surface area contributed by atoms with Crippen molar-refractivity contribution in [2.75, 3.05) is 0 Å². The van der Waals surface area contributed by atoms with Crippen molar-refractivity contribution in [3.05, 3.63) is 35.0 Å². The van der Waals surface area contributed by atoms with Crippen molar-refractivity contribution in [2.24, 2.45) is 12.8 Å². The minimum absolute atomic E-state index is 0.0474. The molecule has 74 valence electrons. The highest BCUT2D eigenvalue weighted by atomic mass is 35.5. The van der Waals surface area contributed by atoms with Gasteiger partial charge in [0.05, 0.1) is 0 Å². The number of rotatable bonds is 1. The first-order valence-electron chi connectivity index (χ1n) is 4.60. The van der Waals surface area contributed by atoms with E-state index >= 15 is 0 Å². The first-order valence-corrected chi connectivity index (χ1v) is 4.98. The van der Waals surface area contributed by atoms with Gasteiger partial charge in [0.2, 0.25) is 0 Å². The molecule has 0 aliphatic rings. The third kappa shape index (κ3) is 1.41. The van der Waals surface area contributed by atoms with E-state index in [4.69, 9.17) is 17.3 Å². The number of hydrogen-bond donors (Lipinski definition) is 1. The van der Waals surface area contributed by atoms with Crippen LogP contribution in [0.4, 0.5) is 0 Å². The highest BCUT2D eigenvalue weighted by molar-refractivity contribution is 6.31. The lowest BCUT2D eigenvalue weighted by molar-refractivity contribution is 0.726. The summed E-state index contributed by atoms with van der Waals surface area (Å²) >= 11 is 5.92. The average Bonchev–Trinajstić information content (AvgIpc) is 2.43. The molecule has 3 heteroatoms. The lowest BCUT2D eigenvalue weighted by Crippen LogP contribution is -2.09. The normalized spacial score (nSPS) is 13.4. The molecule has 14 heavy (non-hydrogen) atoms. The standard InChI is InChI=1S/C11H13ClN2/c1-7(13)11-6-8-5-9(12)3-4-10(8)14(11)2/h3-7H,13H2,1-2H3/t7-/m0/s1. The van der Waals surface area contributed by atoms with Crippen LogP contribution in [0.25, 0.3) is 10.9 Å². The number of halogens is 1. The van der Waals surface area contributed by atoms with Gasteiger partial charge in [-0.3, -0.25) is 0 Å². The Balaban J connectivity index is 2.73. The van der Waals surface area contributed by atoms with Crippen molar-refractivity contribution < 1.29 is 0 Å². The molecule has 2 N–H and O–H groups in total. The third-order valence-corrected chi connectivity index (χ3v) is 2.74. The quantitative estimate of drug-likeness (QED) is 0.768. The zero-order chi connectivity index (χ0) is 10.3. The van der Waals surface area contributed by atoms with Gasteiger partial charge in [-0.1, -0.05) is 11.6 Å². The van der Waals surface area contributed by atoms with Gasteiger partial charge in [0, 0.05) is 34.7 Å². The summed E-state index contributed by atoms with van der Waals surface area (Å²) in [6, 6.07) is 8.01. The van der Waals surface area contributed by atoms with E-state index in [1.54, 1.807) is 0 Å². The van der Waals surface area contributed by atoms with Gasteiger partial charge in [-0.05, 0) is 31.2 Å². The van der Waals surface area contributed by atoms with E-state index in [2.05, 4.69) is 10.6 Å². The van der Waals surface area contributed by atoms with Gasteiger partial charge in [-0.25, -0.2) is 0 Å². The van der Waals surface area contributed by atoms with Gasteiger partial charge in [0.1, 0.15) is 0 Å². The number of aryl methyl sites for hydroxylation is 1. The number of aromatic nitrogens is 1. The largest absolute Gasteiger partial charge is 0.346 e. The molecule has 0 aliphatic heterocycles. The number of nitrogens with two attached hydrogens (primary N) is 1. The Morgan fingerprint density at radius 3 is 2.71 bits per heavy atom. The van der Waals surface area contributed by atoms with Gasteiger partial charge in [0.25, 0.3) is 0 Å².